The van der Waals surface area contributed by atoms with Gasteiger partial charge in [0.25, 0.3) is 0 Å². The number of hydrogen-bond donors (Lipinski definition) is 1. The first kappa shape index (κ1) is 20.5. The van der Waals surface area contributed by atoms with Gasteiger partial charge in [-0.3, -0.25) is 4.79 Å². The number of esters is 1. The summed E-state index contributed by atoms with van der Waals surface area (Å²) in [6.45, 7) is 1.78. The van der Waals surface area contributed by atoms with Gasteiger partial charge in [-0.15, -0.1) is 11.8 Å². The second-order valence-corrected chi connectivity index (χ2v) is 7.09. The normalized spacial score (nSPS) is 10.4. The molecule has 0 radical (unpaired) electrons. The maximum Gasteiger partial charge on any atom is 0.339 e. The molecule has 1 amide bonds. The number of benzene rings is 2. The minimum absolute atomic E-state index is 0.0193. The summed E-state index contributed by atoms with van der Waals surface area (Å²) in [5, 5.41) is 6.61. The van der Waals surface area contributed by atoms with Crippen LogP contribution in [0.2, 0.25) is 0 Å². The van der Waals surface area contributed by atoms with E-state index < -0.39 is 5.97 Å². The Kier molecular flexibility index (Phi) is 6.91. The Balaban J connectivity index is 1.58. The van der Waals surface area contributed by atoms with Gasteiger partial charge in [0.15, 0.2) is 0 Å². The molecule has 0 aliphatic carbocycles. The summed E-state index contributed by atoms with van der Waals surface area (Å²) in [5.74, 6) is 0.774. The lowest BCUT2D eigenvalue weighted by Crippen LogP contribution is -2.14. The van der Waals surface area contributed by atoms with Crippen molar-refractivity contribution >= 4 is 29.3 Å². The molecule has 0 saturated carbocycles. The molecule has 150 valence electrons. The SMILES string of the molecule is COc1cccc(NC(=O)CSc2ccccc2C(=O)OCc2cc(C)on2)c1. The molecule has 0 spiro atoms. The number of nitrogens with zero attached hydrogens (tertiary/aromatic N) is 1. The fraction of sp³-hybridized carbons (Fsp3) is 0.190. The van der Waals surface area contributed by atoms with Gasteiger partial charge in [-0.25, -0.2) is 4.79 Å². The van der Waals surface area contributed by atoms with Crippen LogP contribution < -0.4 is 10.1 Å². The molecular weight excluding hydrogens is 392 g/mol. The quantitative estimate of drug-likeness (QED) is 0.440. The van der Waals surface area contributed by atoms with E-state index in [1.165, 1.54) is 11.8 Å². The molecule has 2 aromatic carbocycles. The molecule has 0 unspecified atom stereocenters. The van der Waals surface area contributed by atoms with Crippen LogP contribution in [0.25, 0.3) is 0 Å². The number of ether oxygens (including phenoxy) is 2. The van der Waals surface area contributed by atoms with Crippen molar-refractivity contribution in [3.63, 3.8) is 0 Å². The van der Waals surface area contributed by atoms with E-state index >= 15 is 0 Å². The number of rotatable bonds is 8. The van der Waals surface area contributed by atoms with Crippen molar-refractivity contribution in [3.8, 4) is 5.75 Å². The number of methoxy groups -OCH3 is 1. The maximum atomic E-state index is 12.4. The van der Waals surface area contributed by atoms with E-state index in [0.717, 1.165) is 0 Å². The second-order valence-electron chi connectivity index (χ2n) is 6.07. The van der Waals surface area contributed by atoms with Crippen LogP contribution in [0.3, 0.4) is 0 Å². The lowest BCUT2D eigenvalue weighted by molar-refractivity contribution is -0.113. The molecule has 0 saturated heterocycles. The molecule has 1 N–H and O–H groups in total. The van der Waals surface area contributed by atoms with Crippen LogP contribution in [-0.2, 0) is 16.1 Å². The van der Waals surface area contributed by atoms with Crippen LogP contribution in [0.1, 0.15) is 21.8 Å². The van der Waals surface area contributed by atoms with Crippen molar-refractivity contribution in [1.82, 2.24) is 5.16 Å². The first-order valence-corrected chi connectivity index (χ1v) is 9.79. The van der Waals surface area contributed by atoms with E-state index in [0.29, 0.717) is 33.4 Å². The van der Waals surface area contributed by atoms with Crippen LogP contribution in [-0.4, -0.2) is 29.9 Å². The molecule has 3 rings (SSSR count). The zero-order valence-electron chi connectivity index (χ0n) is 16.0. The molecule has 1 heterocycles. The van der Waals surface area contributed by atoms with Crippen molar-refractivity contribution in [3.05, 3.63) is 71.6 Å². The first-order valence-electron chi connectivity index (χ1n) is 8.80. The Hall–Kier alpha value is -3.26. The van der Waals surface area contributed by atoms with Gasteiger partial charge < -0.3 is 19.3 Å². The fourth-order valence-corrected chi connectivity index (χ4v) is 3.35. The third kappa shape index (κ3) is 5.86. The van der Waals surface area contributed by atoms with Crippen LogP contribution in [0.5, 0.6) is 5.75 Å². The summed E-state index contributed by atoms with van der Waals surface area (Å²) in [6, 6.07) is 15.8. The summed E-state index contributed by atoms with van der Waals surface area (Å²) in [6.07, 6.45) is 0. The highest BCUT2D eigenvalue weighted by molar-refractivity contribution is 8.00. The lowest BCUT2D eigenvalue weighted by atomic mass is 10.2. The van der Waals surface area contributed by atoms with E-state index in [1.54, 1.807) is 68.6 Å². The highest BCUT2D eigenvalue weighted by atomic mass is 32.2. The van der Waals surface area contributed by atoms with Crippen molar-refractivity contribution in [1.29, 1.82) is 0 Å². The minimum atomic E-state index is -0.484. The number of carbonyl (C=O) groups is 2. The molecule has 0 aliphatic rings. The van der Waals surface area contributed by atoms with Gasteiger partial charge in [-0.1, -0.05) is 23.4 Å². The molecule has 3 aromatic rings. The van der Waals surface area contributed by atoms with Gasteiger partial charge in [0, 0.05) is 22.7 Å². The van der Waals surface area contributed by atoms with E-state index in [4.69, 9.17) is 14.0 Å². The minimum Gasteiger partial charge on any atom is -0.497 e. The van der Waals surface area contributed by atoms with Gasteiger partial charge >= 0.3 is 5.97 Å². The molecule has 0 aliphatic heterocycles. The number of aromatic nitrogens is 1. The van der Waals surface area contributed by atoms with Crippen LogP contribution in [0, 0.1) is 6.92 Å². The smallest absolute Gasteiger partial charge is 0.339 e. The van der Waals surface area contributed by atoms with Crippen molar-refractivity contribution < 1.29 is 23.6 Å². The molecule has 7 nitrogen and oxygen atoms in total. The Bertz CT molecular complexity index is 1000. The van der Waals surface area contributed by atoms with E-state index in [9.17, 15) is 9.59 Å². The summed E-state index contributed by atoms with van der Waals surface area (Å²) >= 11 is 1.26. The summed E-state index contributed by atoms with van der Waals surface area (Å²) in [7, 11) is 1.57. The monoisotopic (exact) mass is 412 g/mol. The first-order chi connectivity index (χ1) is 14.0. The van der Waals surface area contributed by atoms with Crippen molar-refractivity contribution in [2.24, 2.45) is 0 Å². The van der Waals surface area contributed by atoms with Gasteiger partial charge in [0.1, 0.15) is 23.8 Å². The molecular formula is C21H20N2O5S. The van der Waals surface area contributed by atoms with Crippen LogP contribution in [0.4, 0.5) is 5.69 Å². The van der Waals surface area contributed by atoms with Gasteiger partial charge in [-0.05, 0) is 31.2 Å². The number of anilines is 1. The van der Waals surface area contributed by atoms with Gasteiger partial charge in [0.05, 0.1) is 18.4 Å². The second kappa shape index (κ2) is 9.79. The molecule has 0 fully saturated rings. The topological polar surface area (TPSA) is 90.7 Å². The summed E-state index contributed by atoms with van der Waals surface area (Å²) in [4.78, 5) is 25.4. The number of hydrogen-bond acceptors (Lipinski definition) is 7. The third-order valence-electron chi connectivity index (χ3n) is 3.85. The molecule has 0 bridgehead atoms. The van der Waals surface area contributed by atoms with Gasteiger partial charge in [0.2, 0.25) is 5.91 Å². The summed E-state index contributed by atoms with van der Waals surface area (Å²) in [5.41, 5.74) is 1.58. The highest BCUT2D eigenvalue weighted by Crippen LogP contribution is 2.24. The Labute approximate surface area is 172 Å². The van der Waals surface area contributed by atoms with Crippen molar-refractivity contribution in [2.45, 2.75) is 18.4 Å². The lowest BCUT2D eigenvalue weighted by Gasteiger charge is -2.09. The van der Waals surface area contributed by atoms with Gasteiger partial charge in [-0.2, -0.15) is 0 Å². The number of amides is 1. The number of carbonyl (C=O) groups excluding carboxylic acids is 2. The Morgan fingerprint density at radius 3 is 2.72 bits per heavy atom. The van der Waals surface area contributed by atoms with E-state index in [-0.39, 0.29) is 18.3 Å². The zero-order valence-corrected chi connectivity index (χ0v) is 16.8. The zero-order chi connectivity index (χ0) is 20.6. The molecule has 8 heteroatoms. The predicted octanol–water partition coefficient (Wildman–Crippen LogP) is 4.08. The number of thioether (sulfide) groups is 1. The Morgan fingerprint density at radius 1 is 1.14 bits per heavy atom. The third-order valence-corrected chi connectivity index (χ3v) is 4.92. The van der Waals surface area contributed by atoms with Crippen molar-refractivity contribution in [2.75, 3.05) is 18.2 Å². The van der Waals surface area contributed by atoms with E-state index in [2.05, 4.69) is 10.5 Å². The van der Waals surface area contributed by atoms with Crippen LogP contribution >= 0.6 is 11.8 Å². The fourth-order valence-electron chi connectivity index (χ4n) is 2.51. The predicted molar refractivity (Wildman–Crippen MR) is 109 cm³/mol. The standard InChI is InChI=1S/C21H20N2O5S/c1-14-10-16(23-28-14)12-27-21(25)18-8-3-4-9-19(18)29-13-20(24)22-15-6-5-7-17(11-15)26-2/h3-11H,12-13H2,1-2H3,(H,22,24). The number of nitrogens with one attached hydrogen (secondary N) is 1. The average Bonchev–Trinajstić information content (AvgIpc) is 3.16. The summed E-state index contributed by atoms with van der Waals surface area (Å²) < 4.78 is 15.4. The molecule has 0 atom stereocenters. The van der Waals surface area contributed by atoms with E-state index in [1.807, 2.05) is 0 Å². The largest absolute Gasteiger partial charge is 0.497 e. The molecule has 1 aromatic heterocycles. The molecule has 29 heavy (non-hydrogen) atoms. The highest BCUT2D eigenvalue weighted by Gasteiger charge is 2.15. The van der Waals surface area contributed by atoms with Crippen LogP contribution in [0.15, 0.2) is 64.0 Å². The number of aryl methyl sites for hydroxylation is 1. The average molecular weight is 412 g/mol. The maximum absolute atomic E-state index is 12.4. The Morgan fingerprint density at radius 2 is 1.97 bits per heavy atom.